The van der Waals surface area contributed by atoms with Crippen LogP contribution in [0.4, 0.5) is 11.9 Å². The Kier molecular flexibility index (Phi) is 2.91. The van der Waals surface area contributed by atoms with Crippen molar-refractivity contribution in [3.8, 4) is 0 Å². The maximum absolute atomic E-state index is 11.8. The lowest BCUT2D eigenvalue weighted by molar-refractivity contribution is 0.600. The van der Waals surface area contributed by atoms with Crippen molar-refractivity contribution in [2.75, 3.05) is 17.1 Å². The van der Waals surface area contributed by atoms with E-state index >= 15 is 0 Å². The highest BCUT2D eigenvalue weighted by molar-refractivity contribution is 7.92. The molecule has 2 aromatic rings. The lowest BCUT2D eigenvalue weighted by atomic mass is 10.7. The summed E-state index contributed by atoms with van der Waals surface area (Å²) in [6.07, 6.45) is 5.38. The molecule has 90 valence electrons. The Morgan fingerprint density at radius 1 is 1.24 bits per heavy atom. The molecule has 0 radical (unpaired) electrons. The SMILES string of the molecule is CNc1ncc(S(=O)(=O)Nc2ncc[nH]2)cn1. The van der Waals surface area contributed by atoms with Crippen molar-refractivity contribution < 1.29 is 8.42 Å². The zero-order valence-electron chi connectivity index (χ0n) is 8.88. The molecule has 9 heteroatoms. The van der Waals surface area contributed by atoms with E-state index in [0.717, 1.165) is 0 Å². The molecular formula is C8H10N6O2S. The van der Waals surface area contributed by atoms with E-state index in [1.165, 1.54) is 24.8 Å². The summed E-state index contributed by atoms with van der Waals surface area (Å²) in [5.74, 6) is 0.490. The average molecular weight is 254 g/mol. The molecule has 0 bridgehead atoms. The molecule has 0 aromatic carbocycles. The molecule has 2 aromatic heterocycles. The van der Waals surface area contributed by atoms with Crippen molar-refractivity contribution in [3.63, 3.8) is 0 Å². The highest BCUT2D eigenvalue weighted by atomic mass is 32.2. The van der Waals surface area contributed by atoms with Crippen LogP contribution in [0.2, 0.25) is 0 Å². The van der Waals surface area contributed by atoms with E-state index in [4.69, 9.17) is 0 Å². The molecule has 0 saturated carbocycles. The summed E-state index contributed by atoms with van der Waals surface area (Å²) in [6, 6.07) is 0. The Labute approximate surface area is 97.6 Å². The molecule has 2 rings (SSSR count). The van der Waals surface area contributed by atoms with Gasteiger partial charge in [0.2, 0.25) is 11.9 Å². The maximum Gasteiger partial charge on any atom is 0.267 e. The van der Waals surface area contributed by atoms with Crippen molar-refractivity contribution in [1.82, 2.24) is 19.9 Å². The second kappa shape index (κ2) is 4.37. The number of H-pyrrole nitrogens is 1. The van der Waals surface area contributed by atoms with Gasteiger partial charge in [-0.2, -0.15) is 0 Å². The maximum atomic E-state index is 11.8. The predicted molar refractivity (Wildman–Crippen MR) is 61.0 cm³/mol. The van der Waals surface area contributed by atoms with Crippen LogP contribution in [-0.4, -0.2) is 35.4 Å². The second-order valence-electron chi connectivity index (χ2n) is 3.04. The number of rotatable bonds is 4. The third-order valence-corrected chi connectivity index (χ3v) is 3.18. The molecule has 2 heterocycles. The monoisotopic (exact) mass is 254 g/mol. The van der Waals surface area contributed by atoms with E-state index in [2.05, 4.69) is 30.0 Å². The van der Waals surface area contributed by atoms with Gasteiger partial charge in [-0.1, -0.05) is 0 Å². The minimum atomic E-state index is -3.70. The third-order valence-electron chi connectivity index (χ3n) is 1.89. The van der Waals surface area contributed by atoms with Gasteiger partial charge >= 0.3 is 0 Å². The lowest BCUT2D eigenvalue weighted by Crippen LogP contribution is -2.14. The lowest BCUT2D eigenvalue weighted by Gasteiger charge is -2.04. The van der Waals surface area contributed by atoms with Crippen LogP contribution in [0.3, 0.4) is 0 Å². The molecule has 3 N–H and O–H groups in total. The van der Waals surface area contributed by atoms with Crippen molar-refractivity contribution >= 4 is 21.9 Å². The van der Waals surface area contributed by atoms with Crippen LogP contribution in [0, 0.1) is 0 Å². The van der Waals surface area contributed by atoms with Gasteiger partial charge in [-0.3, -0.25) is 0 Å². The largest absolute Gasteiger partial charge is 0.357 e. The van der Waals surface area contributed by atoms with Gasteiger partial charge in [-0.05, 0) is 0 Å². The minimum absolute atomic E-state index is 0.0344. The highest BCUT2D eigenvalue weighted by Crippen LogP contribution is 2.11. The van der Waals surface area contributed by atoms with Gasteiger partial charge in [0.15, 0.2) is 0 Å². The van der Waals surface area contributed by atoms with Gasteiger partial charge in [0.05, 0.1) is 12.4 Å². The van der Waals surface area contributed by atoms with E-state index in [-0.39, 0.29) is 10.8 Å². The van der Waals surface area contributed by atoms with E-state index in [0.29, 0.717) is 5.95 Å². The topological polar surface area (TPSA) is 113 Å². The fourth-order valence-electron chi connectivity index (χ4n) is 1.09. The Balaban J connectivity index is 2.25. The number of imidazole rings is 1. The molecule has 0 spiro atoms. The van der Waals surface area contributed by atoms with Gasteiger partial charge < -0.3 is 10.3 Å². The van der Waals surface area contributed by atoms with Crippen LogP contribution in [0.25, 0.3) is 0 Å². The normalized spacial score (nSPS) is 11.1. The Morgan fingerprint density at radius 3 is 2.47 bits per heavy atom. The molecule has 0 atom stereocenters. The molecule has 0 amide bonds. The van der Waals surface area contributed by atoms with Gasteiger partial charge in [-0.15, -0.1) is 0 Å². The summed E-state index contributed by atoms with van der Waals surface area (Å²) < 4.78 is 25.9. The number of sulfonamides is 1. The fourth-order valence-corrected chi connectivity index (χ4v) is 1.96. The molecule has 17 heavy (non-hydrogen) atoms. The van der Waals surface area contributed by atoms with Crippen molar-refractivity contribution in [2.45, 2.75) is 4.90 Å². The summed E-state index contributed by atoms with van der Waals surface area (Å²) in [5, 5.41) is 2.70. The molecule has 0 saturated heterocycles. The van der Waals surface area contributed by atoms with Crippen molar-refractivity contribution in [1.29, 1.82) is 0 Å². The van der Waals surface area contributed by atoms with Gasteiger partial charge in [0.25, 0.3) is 10.0 Å². The van der Waals surface area contributed by atoms with Crippen LogP contribution >= 0.6 is 0 Å². The predicted octanol–water partition coefficient (Wildman–Crippen LogP) is 0.0422. The molecule has 0 aliphatic rings. The summed E-state index contributed by atoms with van der Waals surface area (Å²) >= 11 is 0. The number of hydrogen-bond acceptors (Lipinski definition) is 6. The first-order chi connectivity index (χ1) is 8.12. The molecular weight excluding hydrogens is 244 g/mol. The molecule has 0 aliphatic heterocycles. The van der Waals surface area contributed by atoms with E-state index in [1.54, 1.807) is 7.05 Å². The first-order valence-electron chi connectivity index (χ1n) is 4.64. The van der Waals surface area contributed by atoms with Crippen molar-refractivity contribution in [3.05, 3.63) is 24.8 Å². The molecule has 0 fully saturated rings. The first kappa shape index (κ1) is 11.3. The summed E-state index contributed by atoms with van der Waals surface area (Å²) in [4.78, 5) is 14.0. The van der Waals surface area contributed by atoms with Gasteiger partial charge in [-0.25, -0.2) is 28.1 Å². The number of nitrogens with zero attached hydrogens (tertiary/aromatic N) is 3. The standard InChI is InChI=1S/C8H10N6O2S/c1-9-7-12-4-6(5-13-7)17(15,16)14-8-10-2-3-11-8/h2-5H,1H3,(H,9,12,13)(H2,10,11,14). The van der Waals surface area contributed by atoms with Crippen LogP contribution in [-0.2, 0) is 10.0 Å². The van der Waals surface area contributed by atoms with Crippen LogP contribution < -0.4 is 10.0 Å². The fraction of sp³-hybridized carbons (Fsp3) is 0.125. The zero-order valence-corrected chi connectivity index (χ0v) is 9.69. The number of aromatic nitrogens is 4. The summed E-state index contributed by atoms with van der Waals surface area (Å²) in [5.41, 5.74) is 0. The molecule has 8 nitrogen and oxygen atoms in total. The first-order valence-corrected chi connectivity index (χ1v) is 6.12. The van der Waals surface area contributed by atoms with Crippen LogP contribution in [0.5, 0.6) is 0 Å². The third kappa shape index (κ3) is 2.50. The highest BCUT2D eigenvalue weighted by Gasteiger charge is 2.16. The van der Waals surface area contributed by atoms with E-state index in [1.807, 2.05) is 0 Å². The number of aromatic amines is 1. The molecule has 0 unspecified atom stereocenters. The van der Waals surface area contributed by atoms with E-state index < -0.39 is 10.0 Å². The van der Waals surface area contributed by atoms with Crippen LogP contribution in [0.1, 0.15) is 0 Å². The minimum Gasteiger partial charge on any atom is -0.357 e. The smallest absolute Gasteiger partial charge is 0.267 e. The Morgan fingerprint density at radius 2 is 1.94 bits per heavy atom. The zero-order chi connectivity index (χ0) is 12.3. The second-order valence-corrected chi connectivity index (χ2v) is 4.72. The molecule has 0 aliphatic carbocycles. The van der Waals surface area contributed by atoms with Crippen LogP contribution in [0.15, 0.2) is 29.7 Å². The number of nitrogens with one attached hydrogen (secondary N) is 3. The average Bonchev–Trinajstić information content (AvgIpc) is 2.81. The van der Waals surface area contributed by atoms with Gasteiger partial charge in [0, 0.05) is 19.4 Å². The summed E-state index contributed by atoms with van der Waals surface area (Å²) in [7, 11) is -2.06. The van der Waals surface area contributed by atoms with E-state index in [9.17, 15) is 8.42 Å². The number of hydrogen-bond donors (Lipinski definition) is 3. The quantitative estimate of drug-likeness (QED) is 0.710. The Bertz CT molecular complexity index is 577. The summed E-state index contributed by atoms with van der Waals surface area (Å²) in [6.45, 7) is 0. The van der Waals surface area contributed by atoms with Crippen molar-refractivity contribution in [2.24, 2.45) is 0 Å². The Hall–Kier alpha value is -2.16. The number of anilines is 2. The van der Waals surface area contributed by atoms with Gasteiger partial charge in [0.1, 0.15) is 4.90 Å².